The Bertz CT molecular complexity index is 850. The summed E-state index contributed by atoms with van der Waals surface area (Å²) >= 11 is 5.91. The lowest BCUT2D eigenvalue weighted by molar-refractivity contribution is 0.102. The number of pyridine rings is 1. The number of carbonyl (C=O) groups is 1. The summed E-state index contributed by atoms with van der Waals surface area (Å²) in [5, 5.41) is 6.67. The summed E-state index contributed by atoms with van der Waals surface area (Å²) in [6.45, 7) is 2.09. The van der Waals surface area contributed by atoms with Crippen molar-refractivity contribution in [1.82, 2.24) is 4.98 Å². The second kappa shape index (κ2) is 7.81. The van der Waals surface area contributed by atoms with Crippen molar-refractivity contribution in [3.8, 4) is 0 Å². The van der Waals surface area contributed by atoms with Gasteiger partial charge in [-0.05, 0) is 42.8 Å². The van der Waals surface area contributed by atoms with E-state index in [4.69, 9.17) is 11.6 Å². The van der Waals surface area contributed by atoms with Gasteiger partial charge in [-0.1, -0.05) is 48.0 Å². The van der Waals surface area contributed by atoms with Crippen LogP contribution in [0.2, 0.25) is 5.02 Å². The second-order valence-electron chi connectivity index (χ2n) is 5.67. The molecule has 1 atom stereocenters. The monoisotopic (exact) mass is 351 g/mol. The average molecular weight is 352 g/mol. The summed E-state index contributed by atoms with van der Waals surface area (Å²) < 4.78 is 0. The lowest BCUT2D eigenvalue weighted by atomic mass is 10.1. The second-order valence-corrected chi connectivity index (χ2v) is 6.11. The number of amides is 1. The normalized spacial score (nSPS) is 11.6. The third kappa shape index (κ3) is 4.58. The van der Waals surface area contributed by atoms with E-state index in [1.54, 1.807) is 36.5 Å². The molecule has 1 aromatic heterocycles. The molecule has 4 nitrogen and oxygen atoms in total. The van der Waals surface area contributed by atoms with Crippen molar-refractivity contribution in [3.05, 3.63) is 89.1 Å². The van der Waals surface area contributed by atoms with Gasteiger partial charge in [0.1, 0.15) is 5.82 Å². The van der Waals surface area contributed by atoms with Crippen LogP contribution in [0.3, 0.4) is 0 Å². The fraction of sp³-hybridized carbons (Fsp3) is 0.100. The Hall–Kier alpha value is -2.85. The minimum atomic E-state index is -0.242. The molecule has 3 rings (SSSR count). The van der Waals surface area contributed by atoms with Crippen LogP contribution in [0.5, 0.6) is 0 Å². The van der Waals surface area contributed by atoms with Crippen LogP contribution in [-0.4, -0.2) is 10.9 Å². The van der Waals surface area contributed by atoms with Crippen LogP contribution in [0.1, 0.15) is 28.9 Å². The van der Waals surface area contributed by atoms with Crippen LogP contribution in [0.15, 0.2) is 72.9 Å². The first-order valence-electron chi connectivity index (χ1n) is 7.96. The number of anilines is 2. The third-order valence-electron chi connectivity index (χ3n) is 3.77. The first-order valence-corrected chi connectivity index (χ1v) is 8.34. The molecule has 0 aliphatic rings. The smallest absolute Gasteiger partial charge is 0.256 e. The number of rotatable bonds is 5. The van der Waals surface area contributed by atoms with Crippen molar-refractivity contribution in [2.75, 3.05) is 10.6 Å². The Labute approximate surface area is 151 Å². The number of hydrogen-bond acceptors (Lipinski definition) is 3. The molecule has 0 fully saturated rings. The van der Waals surface area contributed by atoms with Crippen LogP contribution >= 0.6 is 11.6 Å². The Kier molecular flexibility index (Phi) is 5.31. The lowest BCUT2D eigenvalue weighted by Crippen LogP contribution is -2.13. The van der Waals surface area contributed by atoms with Gasteiger partial charge in [-0.2, -0.15) is 0 Å². The highest BCUT2D eigenvalue weighted by atomic mass is 35.5. The van der Waals surface area contributed by atoms with Crippen LogP contribution in [0.4, 0.5) is 11.5 Å². The van der Waals surface area contributed by atoms with E-state index in [0.29, 0.717) is 16.4 Å². The molecular formula is C20H18ClN3O. The van der Waals surface area contributed by atoms with Crippen molar-refractivity contribution in [2.45, 2.75) is 13.0 Å². The molecule has 0 aliphatic carbocycles. The van der Waals surface area contributed by atoms with Gasteiger partial charge in [0, 0.05) is 16.6 Å². The van der Waals surface area contributed by atoms with E-state index < -0.39 is 0 Å². The first kappa shape index (κ1) is 17.0. The Morgan fingerprint density at radius 3 is 2.52 bits per heavy atom. The van der Waals surface area contributed by atoms with Crippen LogP contribution in [-0.2, 0) is 0 Å². The van der Waals surface area contributed by atoms with E-state index in [-0.39, 0.29) is 11.9 Å². The zero-order valence-corrected chi connectivity index (χ0v) is 14.5. The highest BCUT2D eigenvalue weighted by Gasteiger charge is 2.08. The molecule has 3 aromatic rings. The number of nitrogens with zero attached hydrogens (tertiary/aromatic N) is 1. The van der Waals surface area contributed by atoms with Gasteiger partial charge in [0.15, 0.2) is 0 Å². The van der Waals surface area contributed by atoms with Crippen molar-refractivity contribution in [1.29, 1.82) is 0 Å². The van der Waals surface area contributed by atoms with E-state index >= 15 is 0 Å². The molecule has 1 heterocycles. The van der Waals surface area contributed by atoms with Crippen LogP contribution < -0.4 is 10.6 Å². The molecule has 5 heteroatoms. The maximum Gasteiger partial charge on any atom is 0.256 e. The standard InChI is InChI=1S/C20H18ClN3O/c1-14(15-6-3-2-4-7-15)23-18-10-11-19(22-13-18)24-20(25)16-8-5-9-17(21)12-16/h2-14,23H,1H3,(H,22,24,25). The summed E-state index contributed by atoms with van der Waals surface area (Å²) in [7, 11) is 0. The zero-order chi connectivity index (χ0) is 17.6. The molecule has 2 aromatic carbocycles. The fourth-order valence-electron chi connectivity index (χ4n) is 2.45. The number of aromatic nitrogens is 1. The fourth-order valence-corrected chi connectivity index (χ4v) is 2.64. The first-order chi connectivity index (χ1) is 12.1. The summed E-state index contributed by atoms with van der Waals surface area (Å²) in [4.78, 5) is 16.5. The lowest BCUT2D eigenvalue weighted by Gasteiger charge is -2.15. The van der Waals surface area contributed by atoms with Gasteiger partial charge in [-0.15, -0.1) is 0 Å². The van der Waals surface area contributed by atoms with Crippen molar-refractivity contribution in [3.63, 3.8) is 0 Å². The van der Waals surface area contributed by atoms with E-state index in [1.807, 2.05) is 24.3 Å². The SMILES string of the molecule is CC(Nc1ccc(NC(=O)c2cccc(Cl)c2)nc1)c1ccccc1. The molecule has 2 N–H and O–H groups in total. The van der Waals surface area contributed by atoms with Crippen LogP contribution in [0.25, 0.3) is 0 Å². The van der Waals surface area contributed by atoms with Crippen molar-refractivity contribution >= 4 is 29.0 Å². The van der Waals surface area contributed by atoms with Crippen LogP contribution in [0, 0.1) is 0 Å². The summed E-state index contributed by atoms with van der Waals surface area (Å²) in [5.74, 6) is 0.247. The van der Waals surface area contributed by atoms with Gasteiger partial charge >= 0.3 is 0 Å². The molecule has 0 radical (unpaired) electrons. The van der Waals surface area contributed by atoms with E-state index in [9.17, 15) is 4.79 Å². The van der Waals surface area contributed by atoms with E-state index in [2.05, 4.69) is 34.7 Å². The third-order valence-corrected chi connectivity index (χ3v) is 4.01. The maximum absolute atomic E-state index is 12.2. The molecule has 1 amide bonds. The average Bonchev–Trinajstić information content (AvgIpc) is 2.64. The van der Waals surface area contributed by atoms with Gasteiger partial charge in [-0.25, -0.2) is 4.98 Å². The van der Waals surface area contributed by atoms with Gasteiger partial charge in [0.25, 0.3) is 5.91 Å². The number of benzene rings is 2. The Morgan fingerprint density at radius 2 is 1.84 bits per heavy atom. The van der Waals surface area contributed by atoms with Crippen molar-refractivity contribution < 1.29 is 4.79 Å². The van der Waals surface area contributed by atoms with Gasteiger partial charge in [0.05, 0.1) is 11.9 Å². The summed E-state index contributed by atoms with van der Waals surface area (Å²) in [6.07, 6.45) is 1.70. The molecular weight excluding hydrogens is 334 g/mol. The largest absolute Gasteiger partial charge is 0.377 e. The Balaban J connectivity index is 1.63. The predicted molar refractivity (Wildman–Crippen MR) is 102 cm³/mol. The van der Waals surface area contributed by atoms with E-state index in [0.717, 1.165) is 5.69 Å². The number of nitrogens with one attached hydrogen (secondary N) is 2. The molecule has 25 heavy (non-hydrogen) atoms. The predicted octanol–water partition coefficient (Wildman–Crippen LogP) is 5.16. The maximum atomic E-state index is 12.2. The van der Waals surface area contributed by atoms with Gasteiger partial charge in [0.2, 0.25) is 0 Å². The topological polar surface area (TPSA) is 54.0 Å². The summed E-state index contributed by atoms with van der Waals surface area (Å²) in [5.41, 5.74) is 2.58. The van der Waals surface area contributed by atoms with Gasteiger partial charge < -0.3 is 10.6 Å². The highest BCUT2D eigenvalue weighted by Crippen LogP contribution is 2.19. The number of hydrogen-bond donors (Lipinski definition) is 2. The van der Waals surface area contributed by atoms with Crippen molar-refractivity contribution in [2.24, 2.45) is 0 Å². The zero-order valence-electron chi connectivity index (χ0n) is 13.7. The molecule has 1 unspecified atom stereocenters. The molecule has 0 spiro atoms. The highest BCUT2D eigenvalue weighted by molar-refractivity contribution is 6.31. The molecule has 0 bridgehead atoms. The molecule has 0 saturated heterocycles. The quantitative estimate of drug-likeness (QED) is 0.667. The van der Waals surface area contributed by atoms with Gasteiger partial charge in [-0.3, -0.25) is 4.79 Å². The molecule has 0 saturated carbocycles. The number of carbonyl (C=O) groups excluding carboxylic acids is 1. The minimum Gasteiger partial charge on any atom is -0.377 e. The minimum absolute atomic E-state index is 0.162. The summed E-state index contributed by atoms with van der Waals surface area (Å²) in [6, 6.07) is 20.8. The van der Waals surface area contributed by atoms with E-state index in [1.165, 1.54) is 5.56 Å². The number of halogens is 1. The molecule has 0 aliphatic heterocycles. The Morgan fingerprint density at radius 1 is 1.04 bits per heavy atom. The molecule has 126 valence electrons.